The number of carbonyl (C=O) groups excluding carboxylic acids is 1. The lowest BCUT2D eigenvalue weighted by molar-refractivity contribution is -0.384. The predicted molar refractivity (Wildman–Crippen MR) is 73.4 cm³/mol. The zero-order valence-corrected chi connectivity index (χ0v) is 11.0. The molecule has 6 heteroatoms. The molecule has 0 unspecified atom stereocenters. The molecule has 102 valence electrons. The Hall–Kier alpha value is -2.11. The Labute approximate surface area is 111 Å². The molecule has 0 saturated heterocycles. The van der Waals surface area contributed by atoms with Gasteiger partial charge in [0.05, 0.1) is 4.92 Å². The maximum atomic E-state index is 11.4. The Kier molecular flexibility index (Phi) is 3.69. The normalized spacial score (nSPS) is 13.9. The number of hydrogen-bond donors (Lipinski definition) is 2. The summed E-state index contributed by atoms with van der Waals surface area (Å²) in [7, 11) is 0. The van der Waals surface area contributed by atoms with Gasteiger partial charge in [0.1, 0.15) is 5.69 Å². The Morgan fingerprint density at radius 1 is 1.42 bits per heavy atom. The number of nitro benzene ring substituents is 1. The molecule has 1 heterocycles. The van der Waals surface area contributed by atoms with Crippen molar-refractivity contribution >= 4 is 23.0 Å². The summed E-state index contributed by atoms with van der Waals surface area (Å²) in [5.41, 5.74) is 2.02. The molecule has 0 aliphatic carbocycles. The molecule has 19 heavy (non-hydrogen) atoms. The molecule has 1 amide bonds. The molecular formula is C13H17N3O3. The summed E-state index contributed by atoms with van der Waals surface area (Å²) >= 11 is 0. The highest BCUT2D eigenvalue weighted by atomic mass is 16.6. The van der Waals surface area contributed by atoms with Crippen molar-refractivity contribution in [1.82, 2.24) is 0 Å². The van der Waals surface area contributed by atoms with Gasteiger partial charge in [0.2, 0.25) is 5.91 Å². The monoisotopic (exact) mass is 263 g/mol. The number of amides is 1. The molecular weight excluding hydrogens is 246 g/mol. The van der Waals surface area contributed by atoms with E-state index in [1.54, 1.807) is 12.1 Å². The van der Waals surface area contributed by atoms with Gasteiger partial charge in [-0.1, -0.05) is 13.8 Å². The van der Waals surface area contributed by atoms with Gasteiger partial charge in [-0.3, -0.25) is 14.9 Å². The van der Waals surface area contributed by atoms with Crippen LogP contribution in [0.5, 0.6) is 0 Å². The highest BCUT2D eigenvalue weighted by Crippen LogP contribution is 2.34. The molecule has 2 N–H and O–H groups in total. The lowest BCUT2D eigenvalue weighted by Crippen LogP contribution is -2.20. The molecule has 0 saturated carbocycles. The summed E-state index contributed by atoms with van der Waals surface area (Å²) in [4.78, 5) is 22.1. The number of nitrogens with zero attached hydrogens (tertiary/aromatic N) is 1. The van der Waals surface area contributed by atoms with Crippen molar-refractivity contribution in [2.75, 3.05) is 17.2 Å². The predicted octanol–water partition coefficient (Wildman–Crippen LogP) is 2.55. The fraction of sp³-hybridized carbons (Fsp3) is 0.462. The van der Waals surface area contributed by atoms with Crippen LogP contribution in [0.15, 0.2) is 12.1 Å². The second-order valence-corrected chi connectivity index (χ2v) is 5.11. The van der Waals surface area contributed by atoms with Crippen LogP contribution >= 0.6 is 0 Å². The van der Waals surface area contributed by atoms with E-state index < -0.39 is 0 Å². The molecule has 0 bridgehead atoms. The summed E-state index contributed by atoms with van der Waals surface area (Å²) in [6.45, 7) is 4.70. The number of rotatable bonds is 4. The van der Waals surface area contributed by atoms with Crippen LogP contribution in [-0.4, -0.2) is 17.4 Å². The third-order valence-electron chi connectivity index (χ3n) is 3.01. The van der Waals surface area contributed by atoms with Crippen LogP contribution in [0, 0.1) is 16.0 Å². The third-order valence-corrected chi connectivity index (χ3v) is 3.01. The van der Waals surface area contributed by atoms with Gasteiger partial charge in [-0.05, 0) is 24.0 Å². The van der Waals surface area contributed by atoms with Crippen LogP contribution in [-0.2, 0) is 11.2 Å². The number of nitro groups is 1. The van der Waals surface area contributed by atoms with E-state index in [9.17, 15) is 14.9 Å². The van der Waals surface area contributed by atoms with E-state index in [1.165, 1.54) is 0 Å². The standard InChI is InChI=1S/C13H17N3O3/c1-8(2)7-14-11-6-10-9(3-4-13(17)15-10)5-12(11)16(18)19/h5-6,8,14H,3-4,7H2,1-2H3,(H,15,17). The summed E-state index contributed by atoms with van der Waals surface area (Å²) in [5, 5.41) is 16.9. The molecule has 0 aromatic heterocycles. The first-order valence-corrected chi connectivity index (χ1v) is 6.32. The number of benzene rings is 1. The van der Waals surface area contributed by atoms with Crippen molar-refractivity contribution in [2.45, 2.75) is 26.7 Å². The van der Waals surface area contributed by atoms with Gasteiger partial charge < -0.3 is 10.6 Å². The maximum absolute atomic E-state index is 11.4. The van der Waals surface area contributed by atoms with E-state index in [1.807, 2.05) is 13.8 Å². The number of nitrogens with one attached hydrogen (secondary N) is 2. The van der Waals surface area contributed by atoms with E-state index in [0.717, 1.165) is 5.56 Å². The van der Waals surface area contributed by atoms with Crippen molar-refractivity contribution in [2.24, 2.45) is 5.92 Å². The van der Waals surface area contributed by atoms with Crippen LogP contribution in [0.4, 0.5) is 17.1 Å². The first-order valence-electron chi connectivity index (χ1n) is 6.32. The first-order chi connectivity index (χ1) is 8.97. The van der Waals surface area contributed by atoms with Crippen LogP contribution < -0.4 is 10.6 Å². The summed E-state index contributed by atoms with van der Waals surface area (Å²) in [5.74, 6) is 0.335. The van der Waals surface area contributed by atoms with Crippen LogP contribution in [0.2, 0.25) is 0 Å². The molecule has 0 atom stereocenters. The van der Waals surface area contributed by atoms with Crippen molar-refractivity contribution in [3.63, 3.8) is 0 Å². The second kappa shape index (κ2) is 5.26. The lowest BCUT2D eigenvalue weighted by Gasteiger charge is -2.18. The third kappa shape index (κ3) is 3.01. The first kappa shape index (κ1) is 13.3. The van der Waals surface area contributed by atoms with Gasteiger partial charge in [-0.25, -0.2) is 0 Å². The van der Waals surface area contributed by atoms with E-state index in [2.05, 4.69) is 10.6 Å². The minimum absolute atomic E-state index is 0.0452. The fourth-order valence-corrected chi connectivity index (χ4v) is 2.02. The van der Waals surface area contributed by atoms with Gasteiger partial charge in [0.15, 0.2) is 0 Å². The van der Waals surface area contributed by atoms with Gasteiger partial charge in [-0.15, -0.1) is 0 Å². The van der Waals surface area contributed by atoms with Crippen LogP contribution in [0.1, 0.15) is 25.8 Å². The number of hydrogen-bond acceptors (Lipinski definition) is 4. The van der Waals surface area contributed by atoms with E-state index in [4.69, 9.17) is 0 Å². The molecule has 0 fully saturated rings. The molecule has 1 aliphatic rings. The Balaban J connectivity index is 2.36. The number of carbonyl (C=O) groups is 1. The van der Waals surface area contributed by atoms with Crippen molar-refractivity contribution in [3.05, 3.63) is 27.8 Å². The molecule has 1 aromatic carbocycles. The van der Waals surface area contributed by atoms with Gasteiger partial charge in [0.25, 0.3) is 5.69 Å². The van der Waals surface area contributed by atoms with E-state index >= 15 is 0 Å². The Morgan fingerprint density at radius 3 is 2.79 bits per heavy atom. The van der Waals surface area contributed by atoms with Crippen molar-refractivity contribution in [1.29, 1.82) is 0 Å². The second-order valence-electron chi connectivity index (χ2n) is 5.11. The SMILES string of the molecule is CC(C)CNc1cc2c(cc1[N+](=O)[O-])CCC(=O)N2. The molecule has 1 aromatic rings. The van der Waals surface area contributed by atoms with E-state index in [0.29, 0.717) is 36.7 Å². The number of anilines is 2. The van der Waals surface area contributed by atoms with Gasteiger partial charge in [-0.2, -0.15) is 0 Å². The topological polar surface area (TPSA) is 84.3 Å². The van der Waals surface area contributed by atoms with Crippen LogP contribution in [0.3, 0.4) is 0 Å². The largest absolute Gasteiger partial charge is 0.379 e. The summed E-state index contributed by atoms with van der Waals surface area (Å²) in [6.07, 6.45) is 0.926. The van der Waals surface area contributed by atoms with Gasteiger partial charge in [0, 0.05) is 24.7 Å². The van der Waals surface area contributed by atoms with Crippen molar-refractivity contribution in [3.8, 4) is 0 Å². The highest BCUT2D eigenvalue weighted by Gasteiger charge is 2.22. The molecule has 6 nitrogen and oxygen atoms in total. The molecule has 1 aliphatic heterocycles. The molecule has 0 spiro atoms. The maximum Gasteiger partial charge on any atom is 0.292 e. The fourth-order valence-electron chi connectivity index (χ4n) is 2.02. The average Bonchev–Trinajstić information content (AvgIpc) is 2.34. The zero-order chi connectivity index (χ0) is 14.0. The minimum Gasteiger partial charge on any atom is -0.379 e. The van der Waals surface area contributed by atoms with E-state index in [-0.39, 0.29) is 16.5 Å². The minimum atomic E-state index is -0.390. The highest BCUT2D eigenvalue weighted by molar-refractivity contribution is 5.95. The quantitative estimate of drug-likeness (QED) is 0.645. The molecule has 0 radical (unpaired) electrons. The average molecular weight is 263 g/mol. The smallest absolute Gasteiger partial charge is 0.292 e. The van der Waals surface area contributed by atoms with Gasteiger partial charge >= 0.3 is 0 Å². The Bertz CT molecular complexity index is 526. The number of fused-ring (bicyclic) bond motifs is 1. The summed E-state index contributed by atoms with van der Waals surface area (Å²) < 4.78 is 0. The molecule has 2 rings (SSSR count). The lowest BCUT2D eigenvalue weighted by atomic mass is 10.0. The summed E-state index contributed by atoms with van der Waals surface area (Å²) in [6, 6.07) is 3.21. The Morgan fingerprint density at radius 2 is 2.16 bits per heavy atom. The number of aryl methyl sites for hydroxylation is 1. The van der Waals surface area contributed by atoms with Crippen LogP contribution in [0.25, 0.3) is 0 Å². The van der Waals surface area contributed by atoms with Crippen molar-refractivity contribution < 1.29 is 9.72 Å². The zero-order valence-electron chi connectivity index (χ0n) is 11.0.